The van der Waals surface area contributed by atoms with Crippen LogP contribution >= 0.6 is 0 Å². The highest BCUT2D eigenvalue weighted by Gasteiger charge is 2.11. The zero-order valence-corrected chi connectivity index (χ0v) is 14.7. The third-order valence-corrected chi connectivity index (χ3v) is 4.10. The average Bonchev–Trinajstić information content (AvgIpc) is 3.20. The van der Waals surface area contributed by atoms with E-state index in [4.69, 9.17) is 4.74 Å². The van der Waals surface area contributed by atoms with Crippen LogP contribution in [0.2, 0.25) is 0 Å². The molecule has 0 saturated heterocycles. The number of aryl methyl sites for hydroxylation is 1. The third-order valence-electron chi connectivity index (χ3n) is 4.10. The summed E-state index contributed by atoms with van der Waals surface area (Å²) in [4.78, 5) is 19.7. The smallest absolute Gasteiger partial charge is 0.251 e. The summed E-state index contributed by atoms with van der Waals surface area (Å²) in [5, 5.41) is 7.08. The van der Waals surface area contributed by atoms with Crippen LogP contribution in [0.1, 0.15) is 37.7 Å². The highest BCUT2D eigenvalue weighted by molar-refractivity contribution is 5.90. The van der Waals surface area contributed by atoms with Crippen molar-refractivity contribution in [3.63, 3.8) is 0 Å². The molecule has 0 aliphatic carbocycles. The Hall–Kier alpha value is -2.67. The number of benzene rings is 1. The second-order valence-corrected chi connectivity index (χ2v) is 6.16. The molecule has 0 saturated carbocycles. The van der Waals surface area contributed by atoms with Gasteiger partial charge in [0.05, 0.1) is 23.3 Å². The monoisotopic (exact) mass is 341 g/mol. The lowest BCUT2D eigenvalue weighted by Crippen LogP contribution is -2.21. The van der Waals surface area contributed by atoms with E-state index in [0.717, 1.165) is 17.5 Å². The van der Waals surface area contributed by atoms with E-state index in [1.807, 2.05) is 25.1 Å². The Bertz CT molecular complexity index is 867. The van der Waals surface area contributed by atoms with Gasteiger partial charge in [-0.15, -0.1) is 0 Å². The van der Waals surface area contributed by atoms with Gasteiger partial charge in [-0.05, 0) is 38.0 Å². The molecule has 3 rings (SSSR count). The van der Waals surface area contributed by atoms with Crippen molar-refractivity contribution in [2.75, 3.05) is 11.9 Å². The number of hydrogen-bond donors (Lipinski definition) is 2. The van der Waals surface area contributed by atoms with Crippen LogP contribution in [0.25, 0.3) is 11.0 Å². The molecule has 0 spiro atoms. The van der Waals surface area contributed by atoms with Crippen LogP contribution in [0.5, 0.6) is 0 Å². The summed E-state index contributed by atoms with van der Waals surface area (Å²) in [5.41, 5.74) is 3.03. The van der Waals surface area contributed by atoms with Gasteiger partial charge in [-0.25, -0.2) is 9.67 Å². The lowest BCUT2D eigenvalue weighted by molar-refractivity contribution is -0.121. The summed E-state index contributed by atoms with van der Waals surface area (Å²) in [5.74, 6) is 1.18. The van der Waals surface area contributed by atoms with Gasteiger partial charge in [0.15, 0.2) is 0 Å². The van der Waals surface area contributed by atoms with E-state index in [2.05, 4.69) is 34.2 Å². The molecule has 0 bridgehead atoms. The Balaban J connectivity index is 1.53. The number of hydrogen-bond acceptors (Lipinski definition) is 4. The number of aromatic amines is 1. The standard InChI is InChI=1S/C18H23N5O2/c1-4-13(3)23-17(7-8-19-23)22-18(24)11-25-10-16-20-14-6-5-12(2)9-15(14)21-16/h5-9,13H,4,10-11H2,1-3H3,(H,20,21)(H,22,24)/t13-/m1/s1. The molecule has 0 aliphatic rings. The Morgan fingerprint density at radius 2 is 2.24 bits per heavy atom. The van der Waals surface area contributed by atoms with Gasteiger partial charge in [0.1, 0.15) is 24.9 Å². The van der Waals surface area contributed by atoms with E-state index >= 15 is 0 Å². The molecule has 0 fully saturated rings. The van der Waals surface area contributed by atoms with Crippen molar-refractivity contribution in [1.82, 2.24) is 19.7 Å². The first kappa shape index (κ1) is 17.2. The fourth-order valence-electron chi connectivity index (χ4n) is 2.60. The van der Waals surface area contributed by atoms with Crippen molar-refractivity contribution < 1.29 is 9.53 Å². The molecular weight excluding hydrogens is 318 g/mol. The summed E-state index contributed by atoms with van der Waals surface area (Å²) in [6.07, 6.45) is 2.62. The number of imidazole rings is 1. The summed E-state index contributed by atoms with van der Waals surface area (Å²) in [6.45, 7) is 6.39. The van der Waals surface area contributed by atoms with Crippen molar-refractivity contribution >= 4 is 22.8 Å². The molecule has 7 heteroatoms. The van der Waals surface area contributed by atoms with Gasteiger partial charge < -0.3 is 15.0 Å². The predicted octanol–water partition coefficient (Wildman–Crippen LogP) is 3.19. The molecular formula is C18H23N5O2. The fourth-order valence-corrected chi connectivity index (χ4v) is 2.60. The van der Waals surface area contributed by atoms with Crippen molar-refractivity contribution in [1.29, 1.82) is 0 Å². The van der Waals surface area contributed by atoms with Crippen molar-refractivity contribution in [3.05, 3.63) is 41.9 Å². The molecule has 3 aromatic rings. The number of amides is 1. The molecule has 132 valence electrons. The number of anilines is 1. The first-order valence-corrected chi connectivity index (χ1v) is 8.43. The van der Waals surface area contributed by atoms with E-state index in [-0.39, 0.29) is 25.2 Å². The lowest BCUT2D eigenvalue weighted by atomic mass is 10.2. The molecule has 2 N–H and O–H groups in total. The minimum absolute atomic E-state index is 0.0399. The van der Waals surface area contributed by atoms with E-state index in [0.29, 0.717) is 11.6 Å². The molecule has 1 aromatic carbocycles. The lowest BCUT2D eigenvalue weighted by Gasteiger charge is -2.14. The number of ether oxygens (including phenoxy) is 1. The van der Waals surface area contributed by atoms with Gasteiger partial charge in [0, 0.05) is 6.07 Å². The Morgan fingerprint density at radius 3 is 3.04 bits per heavy atom. The molecule has 7 nitrogen and oxygen atoms in total. The number of nitrogens with one attached hydrogen (secondary N) is 2. The molecule has 0 aliphatic heterocycles. The minimum Gasteiger partial charge on any atom is -0.364 e. The van der Waals surface area contributed by atoms with E-state index < -0.39 is 0 Å². The predicted molar refractivity (Wildman–Crippen MR) is 96.3 cm³/mol. The zero-order chi connectivity index (χ0) is 17.8. The van der Waals surface area contributed by atoms with Gasteiger partial charge >= 0.3 is 0 Å². The second kappa shape index (κ2) is 7.48. The summed E-state index contributed by atoms with van der Waals surface area (Å²) >= 11 is 0. The van der Waals surface area contributed by atoms with Crippen LogP contribution in [-0.2, 0) is 16.1 Å². The molecule has 25 heavy (non-hydrogen) atoms. The maximum absolute atomic E-state index is 12.1. The van der Waals surface area contributed by atoms with Gasteiger partial charge in [0.25, 0.3) is 5.91 Å². The summed E-state index contributed by atoms with van der Waals surface area (Å²) < 4.78 is 7.29. The minimum atomic E-state index is -0.211. The normalized spacial score (nSPS) is 12.4. The summed E-state index contributed by atoms with van der Waals surface area (Å²) in [6, 6.07) is 8.03. The molecule has 1 amide bonds. The first-order valence-electron chi connectivity index (χ1n) is 8.43. The van der Waals surface area contributed by atoms with Crippen molar-refractivity contribution in [3.8, 4) is 0 Å². The number of carbonyl (C=O) groups is 1. The molecule has 2 heterocycles. The second-order valence-electron chi connectivity index (χ2n) is 6.16. The fraction of sp³-hybridized carbons (Fsp3) is 0.389. The largest absolute Gasteiger partial charge is 0.364 e. The topological polar surface area (TPSA) is 84.8 Å². The van der Waals surface area contributed by atoms with Crippen LogP contribution in [0.4, 0.5) is 5.82 Å². The Labute approximate surface area is 146 Å². The first-order chi connectivity index (χ1) is 12.1. The summed E-state index contributed by atoms with van der Waals surface area (Å²) in [7, 11) is 0. The van der Waals surface area contributed by atoms with Crippen LogP contribution in [0, 0.1) is 6.92 Å². The zero-order valence-electron chi connectivity index (χ0n) is 14.7. The Kier molecular flexibility index (Phi) is 5.14. The van der Waals surface area contributed by atoms with E-state index in [1.54, 1.807) is 16.9 Å². The number of aromatic nitrogens is 4. The van der Waals surface area contributed by atoms with Gasteiger partial charge in [-0.2, -0.15) is 5.10 Å². The quantitative estimate of drug-likeness (QED) is 0.691. The van der Waals surface area contributed by atoms with Crippen LogP contribution < -0.4 is 5.32 Å². The SMILES string of the molecule is CC[C@@H](C)n1nccc1NC(=O)COCc1nc2ccc(C)cc2[nH]1. The Morgan fingerprint density at radius 1 is 1.40 bits per heavy atom. The average molecular weight is 341 g/mol. The van der Waals surface area contributed by atoms with Crippen LogP contribution in [0.3, 0.4) is 0 Å². The van der Waals surface area contributed by atoms with Crippen molar-refractivity contribution in [2.45, 2.75) is 39.8 Å². The molecule has 0 radical (unpaired) electrons. The maximum atomic E-state index is 12.1. The maximum Gasteiger partial charge on any atom is 0.251 e. The molecule has 0 unspecified atom stereocenters. The number of carbonyl (C=O) groups excluding carboxylic acids is 1. The van der Waals surface area contributed by atoms with Crippen molar-refractivity contribution in [2.24, 2.45) is 0 Å². The van der Waals surface area contributed by atoms with Crippen LogP contribution in [-0.4, -0.2) is 32.3 Å². The van der Waals surface area contributed by atoms with Gasteiger partial charge in [-0.3, -0.25) is 4.79 Å². The van der Waals surface area contributed by atoms with Gasteiger partial charge in [0.2, 0.25) is 0 Å². The number of rotatable bonds is 7. The molecule has 1 atom stereocenters. The number of nitrogens with zero attached hydrogens (tertiary/aromatic N) is 3. The highest BCUT2D eigenvalue weighted by Crippen LogP contribution is 2.16. The van der Waals surface area contributed by atoms with E-state index in [9.17, 15) is 4.79 Å². The van der Waals surface area contributed by atoms with Gasteiger partial charge in [-0.1, -0.05) is 13.0 Å². The highest BCUT2D eigenvalue weighted by atomic mass is 16.5. The number of fused-ring (bicyclic) bond motifs is 1. The third kappa shape index (κ3) is 4.06. The number of H-pyrrole nitrogens is 1. The molecule has 2 aromatic heterocycles. The van der Waals surface area contributed by atoms with E-state index in [1.165, 1.54) is 5.56 Å². The van der Waals surface area contributed by atoms with Crippen LogP contribution in [0.15, 0.2) is 30.5 Å².